The molecule has 0 aliphatic heterocycles. The molecule has 0 heterocycles. The van der Waals surface area contributed by atoms with Crippen LogP contribution in [0.4, 0.5) is 0 Å². The van der Waals surface area contributed by atoms with E-state index in [2.05, 4.69) is 5.32 Å². The van der Waals surface area contributed by atoms with Gasteiger partial charge in [-0.3, -0.25) is 0 Å². The maximum atomic E-state index is 9.98. The Morgan fingerprint density at radius 2 is 1.95 bits per heavy atom. The fraction of sp³-hybridized carbons (Fsp3) is 0.375. The highest BCUT2D eigenvalue weighted by atomic mass is 16.5. The molecule has 0 bridgehead atoms. The van der Waals surface area contributed by atoms with Gasteiger partial charge >= 0.3 is 0 Å². The smallest absolute Gasteiger partial charge is 0.127 e. The topological polar surface area (TPSA) is 41.5 Å². The number of ether oxygens (including phenoxy) is 1. The first kappa shape index (κ1) is 12.5. The van der Waals surface area contributed by atoms with Gasteiger partial charge in [-0.05, 0) is 11.5 Å². The summed E-state index contributed by atoms with van der Waals surface area (Å²) in [6.07, 6.45) is -1.64. The van der Waals surface area contributed by atoms with Crippen LogP contribution in [0, 0.1) is 0 Å². The van der Waals surface area contributed by atoms with Gasteiger partial charge < -0.3 is 15.2 Å². The molecule has 2 aromatic rings. The second-order valence-corrected chi connectivity index (χ2v) is 4.87. The number of nitrogens with one attached hydrogen (secondary N) is 1. The van der Waals surface area contributed by atoms with Gasteiger partial charge in [-0.2, -0.15) is 0 Å². The van der Waals surface area contributed by atoms with E-state index in [1.54, 1.807) is 0 Å². The molecule has 2 rings (SSSR count). The molecule has 0 aliphatic carbocycles. The van der Waals surface area contributed by atoms with Gasteiger partial charge in [0.15, 0.2) is 0 Å². The van der Waals surface area contributed by atoms with Crippen LogP contribution in [0.3, 0.4) is 0 Å². The van der Waals surface area contributed by atoms with Gasteiger partial charge in [-0.15, -0.1) is 0 Å². The van der Waals surface area contributed by atoms with Gasteiger partial charge in [-0.1, -0.05) is 50.2 Å². The largest absolute Gasteiger partial charge is 0.490 e. The summed E-state index contributed by atoms with van der Waals surface area (Å²) >= 11 is 0. The number of benzene rings is 2. The summed E-state index contributed by atoms with van der Waals surface area (Å²) in [5.74, 6) is 0.693. The lowest BCUT2D eigenvalue weighted by Gasteiger charge is -2.15. The first-order valence-corrected chi connectivity index (χ1v) is 6.54. The molecular weight excluding hydrogens is 238 g/mol. The van der Waals surface area contributed by atoms with Gasteiger partial charge in [0.2, 0.25) is 0 Å². The van der Waals surface area contributed by atoms with Crippen molar-refractivity contribution in [2.45, 2.75) is 26.0 Å². The number of rotatable bonds is 6. The van der Waals surface area contributed by atoms with E-state index in [1.165, 1.54) is 0 Å². The highest BCUT2D eigenvalue weighted by Crippen LogP contribution is 2.25. The van der Waals surface area contributed by atoms with E-state index in [1.807, 2.05) is 56.3 Å². The van der Waals surface area contributed by atoms with Crippen LogP contribution in [0.1, 0.15) is 15.2 Å². The Balaban J connectivity index is 2.05. The molecule has 0 spiro atoms. The predicted molar refractivity (Wildman–Crippen MR) is 78.6 cm³/mol. The van der Waals surface area contributed by atoms with Crippen LogP contribution in [0.5, 0.6) is 5.75 Å². The Labute approximate surface area is 115 Å². The fourth-order valence-corrected chi connectivity index (χ4v) is 1.86. The van der Waals surface area contributed by atoms with Crippen LogP contribution in [0.15, 0.2) is 42.5 Å². The Morgan fingerprint density at radius 3 is 2.74 bits per heavy atom. The Morgan fingerprint density at radius 1 is 1.21 bits per heavy atom. The van der Waals surface area contributed by atoms with Crippen LogP contribution in [0.2, 0.25) is 0 Å². The molecule has 1 unspecified atom stereocenters. The molecule has 1 atom stereocenters. The molecule has 0 saturated heterocycles. The third-order valence-corrected chi connectivity index (χ3v) is 2.86. The lowest BCUT2D eigenvalue weighted by molar-refractivity contribution is 0.105. The molecule has 0 radical (unpaired) electrons. The Hall–Kier alpha value is -1.58. The van der Waals surface area contributed by atoms with Crippen molar-refractivity contribution < 1.29 is 11.2 Å². The van der Waals surface area contributed by atoms with Crippen molar-refractivity contribution in [2.75, 3.05) is 13.2 Å². The quantitative estimate of drug-likeness (QED) is 0.839. The van der Waals surface area contributed by atoms with E-state index in [4.69, 9.17) is 6.11 Å². The van der Waals surface area contributed by atoms with E-state index in [9.17, 15) is 5.11 Å². The van der Waals surface area contributed by atoms with Crippen molar-refractivity contribution in [3.05, 3.63) is 42.5 Å². The second-order valence-electron chi connectivity index (χ2n) is 4.87. The van der Waals surface area contributed by atoms with Crippen LogP contribution < -0.4 is 10.1 Å². The molecule has 102 valence electrons. The molecule has 0 fully saturated rings. The van der Waals surface area contributed by atoms with Gasteiger partial charge in [0.25, 0.3) is 0 Å². The molecule has 3 nitrogen and oxygen atoms in total. The van der Waals surface area contributed by atoms with Crippen LogP contribution in [0.25, 0.3) is 10.8 Å². The number of hydrogen-bond donors (Lipinski definition) is 2. The molecular formula is C16H21NO2. The van der Waals surface area contributed by atoms with E-state index in [-0.39, 0.29) is 19.2 Å². The first-order valence-electron chi connectivity index (χ1n) is 7.04. The lowest BCUT2D eigenvalue weighted by Crippen LogP contribution is -2.35. The van der Waals surface area contributed by atoms with Crippen molar-refractivity contribution in [2.24, 2.45) is 0 Å². The SMILES string of the molecule is [2H]C(O)(CNC(C)C)COc1cccc2ccccc12. The van der Waals surface area contributed by atoms with E-state index >= 15 is 0 Å². The Bertz CT molecular complexity index is 564. The zero-order chi connectivity index (χ0) is 14.6. The molecule has 3 heteroatoms. The van der Waals surface area contributed by atoms with Crippen molar-refractivity contribution in [3.8, 4) is 5.75 Å². The van der Waals surface area contributed by atoms with Crippen molar-refractivity contribution >= 4 is 10.8 Å². The molecule has 0 saturated carbocycles. The zero-order valence-electron chi connectivity index (χ0n) is 12.4. The summed E-state index contributed by atoms with van der Waals surface area (Å²) < 4.78 is 13.5. The maximum Gasteiger partial charge on any atom is 0.127 e. The average Bonchev–Trinajstić information content (AvgIpc) is 2.43. The Kier molecular flexibility index (Phi) is 4.29. The molecule has 2 N–H and O–H groups in total. The average molecular weight is 260 g/mol. The summed E-state index contributed by atoms with van der Waals surface area (Å²) in [6, 6.07) is 13.9. The molecule has 0 aromatic heterocycles. The highest BCUT2D eigenvalue weighted by Gasteiger charge is 2.07. The summed E-state index contributed by atoms with van der Waals surface area (Å²) in [7, 11) is 0. The van der Waals surface area contributed by atoms with Crippen molar-refractivity contribution in [1.82, 2.24) is 5.32 Å². The van der Waals surface area contributed by atoms with E-state index in [0.717, 1.165) is 10.8 Å². The summed E-state index contributed by atoms with van der Waals surface area (Å²) in [5.41, 5.74) is 0. The molecule has 19 heavy (non-hydrogen) atoms. The first-order chi connectivity index (χ1) is 9.48. The van der Waals surface area contributed by atoms with E-state index < -0.39 is 6.08 Å². The summed E-state index contributed by atoms with van der Waals surface area (Å²) in [6.45, 7) is 4.06. The molecule has 2 aromatic carbocycles. The van der Waals surface area contributed by atoms with Crippen molar-refractivity contribution in [3.63, 3.8) is 0 Å². The normalized spacial score (nSPS) is 15.3. The maximum absolute atomic E-state index is 9.98. The molecule has 0 aliphatic rings. The molecule has 0 amide bonds. The van der Waals surface area contributed by atoms with Gasteiger partial charge in [0.1, 0.15) is 18.4 Å². The zero-order valence-corrected chi connectivity index (χ0v) is 11.4. The van der Waals surface area contributed by atoms with Crippen molar-refractivity contribution in [1.29, 1.82) is 0 Å². The summed E-state index contributed by atoms with van der Waals surface area (Å²) in [5, 5.41) is 15.1. The number of fused-ring (bicyclic) bond motifs is 1. The minimum atomic E-state index is -1.64. The predicted octanol–water partition coefficient (Wildman–Crippen LogP) is 2.58. The van der Waals surface area contributed by atoms with Gasteiger partial charge in [-0.25, -0.2) is 0 Å². The minimum Gasteiger partial charge on any atom is -0.490 e. The van der Waals surface area contributed by atoms with Gasteiger partial charge in [0, 0.05) is 18.0 Å². The summed E-state index contributed by atoms with van der Waals surface area (Å²) in [4.78, 5) is 0. The lowest BCUT2D eigenvalue weighted by atomic mass is 10.1. The van der Waals surface area contributed by atoms with Crippen LogP contribution >= 0.6 is 0 Å². The fourth-order valence-electron chi connectivity index (χ4n) is 1.86. The standard InChI is InChI=1S/C16H21NO2/c1-12(2)17-10-14(18)11-19-16-9-5-7-13-6-3-4-8-15(13)16/h3-9,12,14,17-18H,10-11H2,1-2H3/i14D. The minimum absolute atomic E-state index is 0.0687. The highest BCUT2D eigenvalue weighted by molar-refractivity contribution is 5.88. The van der Waals surface area contributed by atoms with E-state index in [0.29, 0.717) is 5.75 Å². The number of aliphatic hydroxyl groups is 1. The monoisotopic (exact) mass is 260 g/mol. The third kappa shape index (κ3) is 3.94. The van der Waals surface area contributed by atoms with Crippen LogP contribution in [-0.2, 0) is 0 Å². The third-order valence-electron chi connectivity index (χ3n) is 2.86. The van der Waals surface area contributed by atoms with Gasteiger partial charge in [0.05, 0.1) is 1.37 Å². The second kappa shape index (κ2) is 6.55. The van der Waals surface area contributed by atoms with Crippen LogP contribution in [-0.4, -0.2) is 30.4 Å². The number of hydrogen-bond acceptors (Lipinski definition) is 3.